The second-order valence-corrected chi connectivity index (χ2v) is 2.84. The van der Waals surface area contributed by atoms with Crippen molar-refractivity contribution in [3.63, 3.8) is 0 Å². The SMILES string of the molecule is C1CN(C2CO2)CCO1.C=CC.[Cl-].[NH4+]. The lowest BCUT2D eigenvalue weighted by atomic mass is 10.4. The second-order valence-electron chi connectivity index (χ2n) is 2.84. The van der Waals surface area contributed by atoms with Gasteiger partial charge in [0.25, 0.3) is 0 Å². The summed E-state index contributed by atoms with van der Waals surface area (Å²) in [6.45, 7) is 10.0. The number of epoxide rings is 1. The van der Waals surface area contributed by atoms with Gasteiger partial charge in [-0.3, -0.25) is 4.90 Å². The highest BCUT2D eigenvalue weighted by Crippen LogP contribution is 2.15. The molecule has 0 spiro atoms. The van der Waals surface area contributed by atoms with Crippen molar-refractivity contribution in [3.8, 4) is 0 Å². The van der Waals surface area contributed by atoms with Gasteiger partial charge in [-0.05, 0) is 6.92 Å². The van der Waals surface area contributed by atoms with Crippen molar-refractivity contribution < 1.29 is 21.9 Å². The highest BCUT2D eigenvalue weighted by molar-refractivity contribution is 4.73. The Balaban J connectivity index is 0. The number of allylic oxidation sites excluding steroid dienone is 1. The Morgan fingerprint density at radius 3 is 2.14 bits per heavy atom. The fourth-order valence-corrected chi connectivity index (χ4v) is 1.12. The molecule has 86 valence electrons. The van der Waals surface area contributed by atoms with E-state index in [0.717, 1.165) is 32.9 Å². The van der Waals surface area contributed by atoms with Crippen LogP contribution in [0.3, 0.4) is 0 Å². The van der Waals surface area contributed by atoms with Crippen molar-refractivity contribution in [2.24, 2.45) is 0 Å². The molecule has 0 bridgehead atoms. The second kappa shape index (κ2) is 9.43. The van der Waals surface area contributed by atoms with Gasteiger partial charge in [-0.2, -0.15) is 0 Å². The maximum atomic E-state index is 5.18. The molecule has 4 N–H and O–H groups in total. The van der Waals surface area contributed by atoms with E-state index in [0.29, 0.717) is 6.23 Å². The molecule has 2 aliphatic heterocycles. The Morgan fingerprint density at radius 2 is 1.79 bits per heavy atom. The van der Waals surface area contributed by atoms with Crippen molar-refractivity contribution >= 4 is 0 Å². The van der Waals surface area contributed by atoms with E-state index in [4.69, 9.17) is 9.47 Å². The van der Waals surface area contributed by atoms with E-state index >= 15 is 0 Å². The number of halogens is 1. The zero-order chi connectivity index (χ0) is 8.81. The summed E-state index contributed by atoms with van der Waals surface area (Å²) in [5.41, 5.74) is 0. The van der Waals surface area contributed by atoms with Crippen molar-refractivity contribution in [1.29, 1.82) is 0 Å². The van der Waals surface area contributed by atoms with Gasteiger partial charge in [0, 0.05) is 13.1 Å². The molecule has 0 aromatic carbocycles. The average molecular weight is 225 g/mol. The third kappa shape index (κ3) is 6.34. The van der Waals surface area contributed by atoms with E-state index in [2.05, 4.69) is 11.5 Å². The highest BCUT2D eigenvalue weighted by atomic mass is 35.5. The first-order chi connectivity index (χ1) is 5.88. The maximum absolute atomic E-state index is 5.18. The van der Waals surface area contributed by atoms with Crippen LogP contribution in [0, 0.1) is 0 Å². The minimum Gasteiger partial charge on any atom is -1.00 e. The first kappa shape index (κ1) is 16.3. The van der Waals surface area contributed by atoms with Gasteiger partial charge in [0.15, 0.2) is 0 Å². The number of quaternary nitrogens is 1. The number of morpholine rings is 1. The molecule has 0 aromatic heterocycles. The lowest BCUT2D eigenvalue weighted by molar-refractivity contribution is -0.00000432. The molecular formula is C9H21ClN2O2. The zero-order valence-corrected chi connectivity index (χ0v) is 9.79. The number of hydrogen-bond donors (Lipinski definition) is 1. The van der Waals surface area contributed by atoms with Crippen molar-refractivity contribution in [2.45, 2.75) is 13.2 Å². The summed E-state index contributed by atoms with van der Waals surface area (Å²) in [5, 5.41) is 0. The monoisotopic (exact) mass is 224 g/mol. The van der Waals surface area contributed by atoms with Crippen LogP contribution < -0.4 is 18.6 Å². The molecule has 2 aliphatic rings. The van der Waals surface area contributed by atoms with E-state index in [-0.39, 0.29) is 18.6 Å². The quantitative estimate of drug-likeness (QED) is 0.425. The molecule has 2 rings (SSSR count). The predicted molar refractivity (Wildman–Crippen MR) is 54.0 cm³/mol. The Kier molecular flexibility index (Phi) is 11.0. The number of ether oxygens (including phenoxy) is 2. The molecule has 0 aromatic rings. The van der Waals surface area contributed by atoms with Crippen LogP contribution in [-0.4, -0.2) is 44.0 Å². The summed E-state index contributed by atoms with van der Waals surface area (Å²) in [6, 6.07) is 0. The summed E-state index contributed by atoms with van der Waals surface area (Å²) >= 11 is 0. The minimum absolute atomic E-state index is 0. The molecular weight excluding hydrogens is 204 g/mol. The molecule has 0 aliphatic carbocycles. The van der Waals surface area contributed by atoms with Crippen molar-refractivity contribution in [2.75, 3.05) is 32.9 Å². The van der Waals surface area contributed by atoms with Crippen LogP contribution in [0.4, 0.5) is 0 Å². The Labute approximate surface area is 92.2 Å². The van der Waals surface area contributed by atoms with E-state index in [1.165, 1.54) is 0 Å². The number of nitrogens with zero attached hydrogens (tertiary/aromatic N) is 1. The summed E-state index contributed by atoms with van der Waals surface area (Å²) < 4.78 is 10.3. The van der Waals surface area contributed by atoms with Gasteiger partial charge in [0.05, 0.1) is 19.8 Å². The molecule has 4 nitrogen and oxygen atoms in total. The third-order valence-electron chi connectivity index (χ3n) is 1.77. The van der Waals surface area contributed by atoms with Gasteiger partial charge in [-0.1, -0.05) is 6.08 Å². The van der Waals surface area contributed by atoms with E-state index in [1.54, 1.807) is 6.08 Å². The molecule has 0 saturated carbocycles. The standard InChI is InChI=1S/C6H11NO2.C3H6.ClH.H3N/c1-3-8-4-2-7(1)6-5-9-6;1-3-2;;/h6H,1-5H2;3H,1H2,2H3;1H;1H3. The normalized spacial score (nSPS) is 24.5. The van der Waals surface area contributed by atoms with Gasteiger partial charge < -0.3 is 28.0 Å². The summed E-state index contributed by atoms with van der Waals surface area (Å²) in [5.74, 6) is 0. The summed E-state index contributed by atoms with van der Waals surface area (Å²) in [6.07, 6.45) is 2.19. The maximum Gasteiger partial charge on any atom is 0.134 e. The Morgan fingerprint density at radius 1 is 1.36 bits per heavy atom. The minimum atomic E-state index is 0. The van der Waals surface area contributed by atoms with Crippen LogP contribution in [0.2, 0.25) is 0 Å². The smallest absolute Gasteiger partial charge is 0.134 e. The molecule has 0 radical (unpaired) electrons. The average Bonchev–Trinajstić information content (AvgIpc) is 2.90. The van der Waals surface area contributed by atoms with Crippen LogP contribution in [0.15, 0.2) is 12.7 Å². The molecule has 14 heavy (non-hydrogen) atoms. The van der Waals surface area contributed by atoms with Crippen molar-refractivity contribution in [1.82, 2.24) is 11.1 Å². The van der Waals surface area contributed by atoms with Crippen LogP contribution in [0.5, 0.6) is 0 Å². The van der Waals surface area contributed by atoms with Crippen LogP contribution in [0.25, 0.3) is 0 Å². The molecule has 2 fully saturated rings. The summed E-state index contributed by atoms with van der Waals surface area (Å²) in [7, 11) is 0. The lowest BCUT2D eigenvalue weighted by Gasteiger charge is -2.24. The highest BCUT2D eigenvalue weighted by Gasteiger charge is 2.30. The fraction of sp³-hybridized carbons (Fsp3) is 0.778. The largest absolute Gasteiger partial charge is 1.00 e. The number of hydrogen-bond acceptors (Lipinski definition) is 3. The molecule has 5 heteroatoms. The molecule has 1 atom stereocenters. The molecule has 1 unspecified atom stereocenters. The Bertz CT molecular complexity index is 137. The van der Waals surface area contributed by atoms with Gasteiger partial charge >= 0.3 is 0 Å². The van der Waals surface area contributed by atoms with Gasteiger partial charge in [0.1, 0.15) is 6.23 Å². The van der Waals surface area contributed by atoms with Crippen LogP contribution in [0.1, 0.15) is 6.92 Å². The predicted octanol–water partition coefficient (Wildman–Crippen LogP) is -1.75. The zero-order valence-electron chi connectivity index (χ0n) is 9.04. The number of rotatable bonds is 1. The first-order valence-corrected chi connectivity index (χ1v) is 4.39. The fourth-order valence-electron chi connectivity index (χ4n) is 1.12. The van der Waals surface area contributed by atoms with Gasteiger partial charge in [-0.25, -0.2) is 0 Å². The lowest BCUT2D eigenvalue weighted by Crippen LogP contribution is -3.00. The van der Waals surface area contributed by atoms with Crippen LogP contribution >= 0.6 is 0 Å². The Hall–Kier alpha value is -0.130. The van der Waals surface area contributed by atoms with E-state index < -0.39 is 0 Å². The summed E-state index contributed by atoms with van der Waals surface area (Å²) in [4.78, 5) is 2.32. The van der Waals surface area contributed by atoms with Crippen molar-refractivity contribution in [3.05, 3.63) is 12.7 Å². The van der Waals surface area contributed by atoms with Gasteiger partial charge in [0.2, 0.25) is 0 Å². The molecule has 2 saturated heterocycles. The third-order valence-corrected chi connectivity index (χ3v) is 1.77. The first-order valence-electron chi connectivity index (χ1n) is 4.39. The van der Waals surface area contributed by atoms with E-state index in [9.17, 15) is 0 Å². The van der Waals surface area contributed by atoms with Gasteiger partial charge in [-0.15, -0.1) is 6.58 Å². The van der Waals surface area contributed by atoms with Crippen LogP contribution in [-0.2, 0) is 9.47 Å². The molecule has 2 heterocycles. The molecule has 0 amide bonds. The van der Waals surface area contributed by atoms with E-state index in [1.807, 2.05) is 6.92 Å². The topological polar surface area (TPSA) is 61.5 Å².